The van der Waals surface area contributed by atoms with Crippen LogP contribution in [0.5, 0.6) is 5.75 Å². The van der Waals surface area contributed by atoms with E-state index < -0.39 is 6.61 Å². The Morgan fingerprint density at radius 3 is 2.89 bits per heavy atom. The molecule has 0 radical (unpaired) electrons. The molecule has 0 saturated heterocycles. The Kier molecular flexibility index (Phi) is 8.21. The van der Waals surface area contributed by atoms with Crippen LogP contribution in [-0.4, -0.2) is 61.9 Å². The molecule has 2 amide bonds. The number of aromatic nitrogens is 5. The number of methoxy groups -OCH3 is 1. The molecule has 1 fully saturated rings. The van der Waals surface area contributed by atoms with Gasteiger partial charge in [0.2, 0.25) is 11.7 Å². The van der Waals surface area contributed by atoms with E-state index in [9.17, 15) is 9.59 Å². The number of nitrogens with one attached hydrogen (secondary N) is 2. The number of hydrogen-bond acceptors (Lipinski definition) is 8. The number of carbonyl (C=O) groups excluding carboxylic acids is 2. The Hall–Kier alpha value is -3.86. The number of hydrogen-bond donors (Lipinski definition) is 3. The van der Waals surface area contributed by atoms with Crippen molar-refractivity contribution in [3.05, 3.63) is 53.3 Å². The van der Waals surface area contributed by atoms with Gasteiger partial charge in [0.15, 0.2) is 0 Å². The lowest BCUT2D eigenvalue weighted by Crippen LogP contribution is -2.40. The Labute approximate surface area is 209 Å². The molecule has 1 saturated carbocycles. The normalized spacial score (nSPS) is 17.4. The monoisotopic (exact) mass is 493 g/mol. The predicted octanol–water partition coefficient (Wildman–Crippen LogP) is 1.65. The van der Waals surface area contributed by atoms with Crippen LogP contribution in [0.4, 0.5) is 0 Å². The van der Waals surface area contributed by atoms with Gasteiger partial charge in [-0.2, -0.15) is 4.80 Å². The first kappa shape index (κ1) is 25.2. The summed E-state index contributed by atoms with van der Waals surface area (Å²) in [6.45, 7) is 2.24. The second-order valence-corrected chi connectivity index (χ2v) is 9.04. The summed E-state index contributed by atoms with van der Waals surface area (Å²) < 4.78 is 5.23. The van der Waals surface area contributed by atoms with Gasteiger partial charge in [-0.1, -0.05) is 18.6 Å². The van der Waals surface area contributed by atoms with E-state index in [-0.39, 0.29) is 23.6 Å². The first-order valence-electron chi connectivity index (χ1n) is 12.0. The maximum atomic E-state index is 12.8. The zero-order chi connectivity index (χ0) is 25.5. The van der Waals surface area contributed by atoms with Gasteiger partial charge in [0.1, 0.15) is 18.1 Å². The van der Waals surface area contributed by atoms with Crippen LogP contribution in [0.15, 0.2) is 36.4 Å². The summed E-state index contributed by atoms with van der Waals surface area (Å²) in [4.78, 5) is 30.2. The van der Waals surface area contributed by atoms with Gasteiger partial charge in [0.05, 0.1) is 13.7 Å². The summed E-state index contributed by atoms with van der Waals surface area (Å²) in [5.74, 6) is 0.794. The standard InChI is InChI=1S/C25H31N7O4/c1-16-9-19(12-22(27-16)25(35)26-13-17-5-4-8-21(11-17)36-2)24-29-31-32(30-24)14-18-6-3-7-20(10-18)28-23(34)15-33/h4-5,8-9,11-12,18,20,33H,3,6-7,10,13-15H2,1-2H3,(H,26,35)(H,28,34)/t18-,20-/m1/s1. The van der Waals surface area contributed by atoms with Crippen molar-refractivity contribution in [1.82, 2.24) is 35.8 Å². The lowest BCUT2D eigenvalue weighted by Gasteiger charge is -2.29. The van der Waals surface area contributed by atoms with Crippen molar-refractivity contribution in [2.45, 2.75) is 51.7 Å². The van der Waals surface area contributed by atoms with Crippen molar-refractivity contribution in [2.75, 3.05) is 13.7 Å². The molecule has 1 aliphatic carbocycles. The van der Waals surface area contributed by atoms with Gasteiger partial charge >= 0.3 is 0 Å². The van der Waals surface area contributed by atoms with Gasteiger partial charge in [0, 0.05) is 23.8 Å². The van der Waals surface area contributed by atoms with Crippen LogP contribution in [0.2, 0.25) is 0 Å². The summed E-state index contributed by atoms with van der Waals surface area (Å²) in [5, 5.41) is 27.6. The van der Waals surface area contributed by atoms with Gasteiger partial charge in [-0.25, -0.2) is 4.98 Å². The van der Waals surface area contributed by atoms with E-state index in [4.69, 9.17) is 9.84 Å². The maximum Gasteiger partial charge on any atom is 0.270 e. The fraction of sp³-hybridized carbons (Fsp3) is 0.440. The average Bonchev–Trinajstić information content (AvgIpc) is 3.35. The van der Waals surface area contributed by atoms with Crippen molar-refractivity contribution < 1.29 is 19.4 Å². The van der Waals surface area contributed by atoms with Gasteiger partial charge in [-0.3, -0.25) is 9.59 Å². The zero-order valence-electron chi connectivity index (χ0n) is 20.5. The number of aliphatic hydroxyl groups is 1. The van der Waals surface area contributed by atoms with Crippen molar-refractivity contribution in [2.24, 2.45) is 5.92 Å². The van der Waals surface area contributed by atoms with Gasteiger partial charge in [0.25, 0.3) is 5.91 Å². The maximum absolute atomic E-state index is 12.8. The molecular weight excluding hydrogens is 462 g/mol. The number of nitrogens with zero attached hydrogens (tertiary/aromatic N) is 5. The van der Waals surface area contributed by atoms with E-state index in [1.807, 2.05) is 37.3 Å². The highest BCUT2D eigenvalue weighted by Gasteiger charge is 2.24. The number of carbonyl (C=O) groups is 2. The molecule has 3 N–H and O–H groups in total. The molecule has 0 spiro atoms. The molecule has 11 heteroatoms. The fourth-order valence-electron chi connectivity index (χ4n) is 4.50. The predicted molar refractivity (Wildman–Crippen MR) is 131 cm³/mol. The lowest BCUT2D eigenvalue weighted by atomic mass is 9.85. The highest BCUT2D eigenvalue weighted by molar-refractivity contribution is 5.93. The minimum atomic E-state index is -0.498. The third-order valence-corrected chi connectivity index (χ3v) is 6.20. The number of benzene rings is 1. The molecule has 2 heterocycles. The molecule has 0 unspecified atom stereocenters. The first-order chi connectivity index (χ1) is 17.4. The smallest absolute Gasteiger partial charge is 0.270 e. The lowest BCUT2D eigenvalue weighted by molar-refractivity contribution is -0.124. The molecule has 2 aromatic heterocycles. The molecule has 2 atom stereocenters. The van der Waals surface area contributed by atoms with Crippen molar-refractivity contribution in [1.29, 1.82) is 0 Å². The number of ether oxygens (including phenoxy) is 1. The van der Waals surface area contributed by atoms with Gasteiger partial charge < -0.3 is 20.5 Å². The van der Waals surface area contributed by atoms with Gasteiger partial charge in [-0.15, -0.1) is 10.2 Å². The zero-order valence-corrected chi connectivity index (χ0v) is 20.5. The number of aliphatic hydroxyl groups excluding tert-OH is 1. The Morgan fingerprint density at radius 2 is 2.08 bits per heavy atom. The van der Waals surface area contributed by atoms with E-state index in [1.54, 1.807) is 18.0 Å². The molecule has 36 heavy (non-hydrogen) atoms. The third-order valence-electron chi connectivity index (χ3n) is 6.20. The SMILES string of the molecule is COc1cccc(CNC(=O)c2cc(-c3nnn(C[C@@H]4CCC[C@@H](NC(=O)CO)C4)n3)cc(C)n2)c1. The number of rotatable bonds is 9. The molecular formula is C25H31N7O4. The quantitative estimate of drug-likeness (QED) is 0.408. The number of pyridine rings is 1. The highest BCUT2D eigenvalue weighted by atomic mass is 16.5. The Morgan fingerprint density at radius 1 is 1.22 bits per heavy atom. The van der Waals surface area contributed by atoms with Crippen molar-refractivity contribution in [3.63, 3.8) is 0 Å². The highest BCUT2D eigenvalue weighted by Crippen LogP contribution is 2.26. The van der Waals surface area contributed by atoms with Crippen LogP contribution in [-0.2, 0) is 17.9 Å². The van der Waals surface area contributed by atoms with E-state index in [0.717, 1.165) is 37.0 Å². The van der Waals surface area contributed by atoms with Crippen molar-refractivity contribution >= 4 is 11.8 Å². The average molecular weight is 494 g/mol. The molecule has 3 aromatic rings. The Bertz CT molecular complexity index is 1210. The number of aryl methyl sites for hydroxylation is 1. The molecule has 1 aliphatic rings. The second kappa shape index (κ2) is 11.7. The van der Waals surface area contributed by atoms with Crippen molar-refractivity contribution in [3.8, 4) is 17.1 Å². The minimum Gasteiger partial charge on any atom is -0.497 e. The van der Waals surface area contributed by atoms with Crippen LogP contribution < -0.4 is 15.4 Å². The summed E-state index contributed by atoms with van der Waals surface area (Å²) in [7, 11) is 1.60. The second-order valence-electron chi connectivity index (χ2n) is 9.04. The fourth-order valence-corrected chi connectivity index (χ4v) is 4.50. The summed E-state index contributed by atoms with van der Waals surface area (Å²) in [6.07, 6.45) is 3.69. The van der Waals surface area contributed by atoms with E-state index in [0.29, 0.717) is 36.1 Å². The summed E-state index contributed by atoms with van der Waals surface area (Å²) >= 11 is 0. The number of tetrazole rings is 1. The molecule has 0 bridgehead atoms. The van der Waals surface area contributed by atoms with Crippen LogP contribution in [0.3, 0.4) is 0 Å². The molecule has 4 rings (SSSR count). The largest absolute Gasteiger partial charge is 0.497 e. The molecule has 1 aromatic carbocycles. The first-order valence-corrected chi connectivity index (χ1v) is 12.0. The number of amides is 2. The molecule has 0 aliphatic heterocycles. The third kappa shape index (κ3) is 6.63. The molecule has 190 valence electrons. The van der Waals surface area contributed by atoms with Gasteiger partial charge in [-0.05, 0) is 67.1 Å². The van der Waals surface area contributed by atoms with Crippen LogP contribution in [0.25, 0.3) is 11.4 Å². The molecule has 11 nitrogen and oxygen atoms in total. The minimum absolute atomic E-state index is 0.0484. The van der Waals surface area contributed by atoms with Crippen LogP contribution >= 0.6 is 0 Å². The van der Waals surface area contributed by atoms with E-state index in [1.165, 1.54) is 0 Å². The summed E-state index contributed by atoms with van der Waals surface area (Å²) in [5.41, 5.74) is 2.53. The summed E-state index contributed by atoms with van der Waals surface area (Å²) in [6, 6.07) is 11.0. The van der Waals surface area contributed by atoms with Crippen LogP contribution in [0, 0.1) is 12.8 Å². The van der Waals surface area contributed by atoms with E-state index in [2.05, 4.69) is 31.0 Å². The van der Waals surface area contributed by atoms with E-state index >= 15 is 0 Å². The Balaban J connectivity index is 1.40. The topological polar surface area (TPSA) is 144 Å². The van der Waals surface area contributed by atoms with Crippen LogP contribution in [0.1, 0.15) is 47.4 Å².